The van der Waals surface area contributed by atoms with E-state index in [1.54, 1.807) is 38.3 Å². The molecule has 1 unspecified atom stereocenters. The lowest BCUT2D eigenvalue weighted by Gasteiger charge is -2.23. The second-order valence-corrected chi connectivity index (χ2v) is 6.25. The van der Waals surface area contributed by atoms with Gasteiger partial charge in [-0.15, -0.1) is 0 Å². The molecule has 3 aromatic rings. The number of benzene rings is 2. The largest absolute Gasteiger partial charge is 0.479 e. The van der Waals surface area contributed by atoms with Gasteiger partial charge in [-0.1, -0.05) is 18.2 Å². The lowest BCUT2D eigenvalue weighted by Crippen LogP contribution is -2.34. The Morgan fingerprint density at radius 3 is 2.89 bits per heavy atom. The van der Waals surface area contributed by atoms with Gasteiger partial charge in [0.05, 0.1) is 12.3 Å². The summed E-state index contributed by atoms with van der Waals surface area (Å²) in [4.78, 5) is 24.6. The van der Waals surface area contributed by atoms with Gasteiger partial charge in [0.25, 0.3) is 11.8 Å². The van der Waals surface area contributed by atoms with Crippen LogP contribution in [0.15, 0.2) is 46.9 Å². The van der Waals surface area contributed by atoms with Crippen LogP contribution in [-0.4, -0.2) is 25.0 Å². The van der Waals surface area contributed by atoms with Crippen molar-refractivity contribution < 1.29 is 23.5 Å². The summed E-state index contributed by atoms with van der Waals surface area (Å²) < 4.78 is 16.5. The van der Waals surface area contributed by atoms with Crippen molar-refractivity contribution in [2.24, 2.45) is 0 Å². The van der Waals surface area contributed by atoms with Gasteiger partial charge in [-0.05, 0) is 31.2 Å². The molecule has 138 valence electrons. The van der Waals surface area contributed by atoms with Crippen molar-refractivity contribution in [2.75, 3.05) is 17.7 Å². The molecule has 0 saturated heterocycles. The third-order valence-electron chi connectivity index (χ3n) is 4.36. The number of fused-ring (bicyclic) bond motifs is 2. The van der Waals surface area contributed by atoms with E-state index in [9.17, 15) is 9.59 Å². The summed E-state index contributed by atoms with van der Waals surface area (Å²) in [6.45, 7) is 1.93. The van der Waals surface area contributed by atoms with Crippen molar-refractivity contribution in [1.82, 2.24) is 0 Å². The molecule has 0 bridgehead atoms. The molecular formula is C20H18N2O5. The van der Waals surface area contributed by atoms with Crippen LogP contribution in [0, 0.1) is 0 Å². The molecule has 0 aliphatic carbocycles. The first kappa shape index (κ1) is 17.1. The second kappa shape index (κ2) is 6.77. The van der Waals surface area contributed by atoms with Crippen molar-refractivity contribution in [2.45, 2.75) is 19.6 Å². The van der Waals surface area contributed by atoms with Gasteiger partial charge in [0.2, 0.25) is 0 Å². The van der Waals surface area contributed by atoms with Crippen molar-refractivity contribution >= 4 is 34.2 Å². The minimum Gasteiger partial charge on any atom is -0.479 e. The normalized spacial score (nSPS) is 15.8. The Kier molecular flexibility index (Phi) is 4.29. The lowest BCUT2D eigenvalue weighted by molar-refractivity contribution is -0.122. The molecule has 0 radical (unpaired) electrons. The quantitative estimate of drug-likeness (QED) is 0.737. The summed E-state index contributed by atoms with van der Waals surface area (Å²) in [5.74, 6) is 0.133. The van der Waals surface area contributed by atoms with E-state index in [1.807, 2.05) is 18.2 Å². The van der Waals surface area contributed by atoms with Crippen LogP contribution in [0.3, 0.4) is 0 Å². The smallest absolute Gasteiger partial charge is 0.291 e. The SMILES string of the molecule is COCc1c(C(=O)Nc2ccc3c(c2)NC(=O)C(C)O3)oc2ccccc12. The molecule has 27 heavy (non-hydrogen) atoms. The van der Waals surface area contributed by atoms with Crippen LogP contribution in [0.5, 0.6) is 5.75 Å². The summed E-state index contributed by atoms with van der Waals surface area (Å²) in [5.41, 5.74) is 2.34. The van der Waals surface area contributed by atoms with Crippen LogP contribution >= 0.6 is 0 Å². The van der Waals surface area contributed by atoms with Crippen LogP contribution in [0.2, 0.25) is 0 Å². The molecule has 4 rings (SSSR count). The summed E-state index contributed by atoms with van der Waals surface area (Å²) in [6.07, 6.45) is -0.551. The molecule has 2 aromatic carbocycles. The standard InChI is InChI=1S/C20H18N2O5/c1-11-19(23)22-15-9-12(7-8-17(15)26-11)21-20(24)18-14(10-25-2)13-5-3-4-6-16(13)27-18/h3-9,11H,10H2,1-2H3,(H,21,24)(H,22,23). The van der Waals surface area contributed by atoms with Crippen LogP contribution < -0.4 is 15.4 Å². The van der Waals surface area contributed by atoms with Gasteiger partial charge in [-0.3, -0.25) is 9.59 Å². The number of furan rings is 1. The van der Waals surface area contributed by atoms with Gasteiger partial charge in [-0.25, -0.2) is 0 Å². The zero-order valence-corrected chi connectivity index (χ0v) is 14.9. The Balaban J connectivity index is 1.63. The monoisotopic (exact) mass is 366 g/mol. The van der Waals surface area contributed by atoms with E-state index >= 15 is 0 Å². The number of rotatable bonds is 4. The van der Waals surface area contributed by atoms with E-state index in [1.165, 1.54) is 0 Å². The van der Waals surface area contributed by atoms with Crippen molar-refractivity contribution in [3.63, 3.8) is 0 Å². The average molecular weight is 366 g/mol. The predicted molar refractivity (Wildman–Crippen MR) is 100 cm³/mol. The second-order valence-electron chi connectivity index (χ2n) is 6.25. The molecule has 1 aliphatic heterocycles. The van der Waals surface area contributed by atoms with Crippen molar-refractivity contribution in [3.05, 3.63) is 53.8 Å². The zero-order chi connectivity index (χ0) is 19.0. The maximum atomic E-state index is 12.8. The maximum absolute atomic E-state index is 12.8. The van der Waals surface area contributed by atoms with Crippen LogP contribution in [-0.2, 0) is 16.1 Å². The van der Waals surface area contributed by atoms with Gasteiger partial charge in [0, 0.05) is 23.7 Å². The first-order valence-corrected chi connectivity index (χ1v) is 8.49. The molecule has 2 N–H and O–H groups in total. The van der Waals surface area contributed by atoms with Crippen molar-refractivity contribution in [1.29, 1.82) is 0 Å². The number of hydrogen-bond acceptors (Lipinski definition) is 5. The molecule has 1 atom stereocenters. The van der Waals surface area contributed by atoms with Gasteiger partial charge < -0.3 is 24.5 Å². The summed E-state index contributed by atoms with van der Waals surface area (Å²) in [7, 11) is 1.57. The summed E-state index contributed by atoms with van der Waals surface area (Å²) in [5, 5.41) is 6.39. The minimum atomic E-state index is -0.551. The highest BCUT2D eigenvalue weighted by Crippen LogP contribution is 2.33. The average Bonchev–Trinajstić information content (AvgIpc) is 3.02. The number of carbonyl (C=O) groups is 2. The molecule has 0 spiro atoms. The molecule has 0 fully saturated rings. The number of nitrogens with one attached hydrogen (secondary N) is 2. The molecule has 7 nitrogen and oxygen atoms in total. The Bertz CT molecular complexity index is 1040. The van der Waals surface area contributed by atoms with Gasteiger partial charge >= 0.3 is 0 Å². The minimum absolute atomic E-state index is 0.199. The fourth-order valence-electron chi connectivity index (χ4n) is 3.04. The number of amides is 2. The highest BCUT2D eigenvalue weighted by atomic mass is 16.5. The van der Waals surface area contributed by atoms with Gasteiger partial charge in [0.15, 0.2) is 11.9 Å². The zero-order valence-electron chi connectivity index (χ0n) is 14.9. The fourth-order valence-corrected chi connectivity index (χ4v) is 3.04. The maximum Gasteiger partial charge on any atom is 0.291 e. The van der Waals surface area contributed by atoms with E-state index in [2.05, 4.69) is 10.6 Å². The van der Waals surface area contributed by atoms with Gasteiger partial charge in [0.1, 0.15) is 11.3 Å². The first-order valence-electron chi connectivity index (χ1n) is 8.49. The van der Waals surface area contributed by atoms with E-state index in [0.29, 0.717) is 28.3 Å². The van der Waals surface area contributed by atoms with Crippen LogP contribution in [0.25, 0.3) is 11.0 Å². The summed E-state index contributed by atoms with van der Waals surface area (Å²) >= 11 is 0. The number of carbonyl (C=O) groups excluding carboxylic acids is 2. The molecule has 2 amide bonds. The molecular weight excluding hydrogens is 348 g/mol. The van der Waals surface area contributed by atoms with Crippen LogP contribution in [0.4, 0.5) is 11.4 Å². The third-order valence-corrected chi connectivity index (χ3v) is 4.36. The Morgan fingerprint density at radius 2 is 2.07 bits per heavy atom. The number of anilines is 2. The van der Waals surface area contributed by atoms with Gasteiger partial charge in [-0.2, -0.15) is 0 Å². The highest BCUT2D eigenvalue weighted by Gasteiger charge is 2.25. The molecule has 2 heterocycles. The number of hydrogen-bond donors (Lipinski definition) is 2. The Labute approximate surface area is 155 Å². The van der Waals surface area contributed by atoms with E-state index in [-0.39, 0.29) is 18.3 Å². The summed E-state index contributed by atoms with van der Waals surface area (Å²) in [6, 6.07) is 12.5. The third kappa shape index (κ3) is 3.13. The molecule has 7 heteroatoms. The number of para-hydroxylation sites is 1. The molecule has 0 saturated carbocycles. The lowest BCUT2D eigenvalue weighted by atomic mass is 10.1. The Morgan fingerprint density at radius 1 is 1.26 bits per heavy atom. The van der Waals surface area contributed by atoms with E-state index in [0.717, 1.165) is 5.39 Å². The molecule has 1 aromatic heterocycles. The first-order chi connectivity index (χ1) is 13.1. The predicted octanol–water partition coefficient (Wildman–Crippen LogP) is 3.55. The highest BCUT2D eigenvalue weighted by molar-refractivity contribution is 6.07. The Hall–Kier alpha value is -3.32. The van der Waals surface area contributed by atoms with Crippen molar-refractivity contribution in [3.8, 4) is 5.75 Å². The topological polar surface area (TPSA) is 89.8 Å². The van der Waals surface area contributed by atoms with E-state index in [4.69, 9.17) is 13.9 Å². The fraction of sp³-hybridized carbons (Fsp3) is 0.200. The molecule has 1 aliphatic rings. The van der Waals surface area contributed by atoms with Crippen LogP contribution in [0.1, 0.15) is 23.0 Å². The number of ether oxygens (including phenoxy) is 2. The van der Waals surface area contributed by atoms with E-state index < -0.39 is 12.0 Å². The number of methoxy groups -OCH3 is 1.